The maximum atomic E-state index is 6.73. The molecule has 0 radical (unpaired) electrons. The maximum absolute atomic E-state index is 6.73. The van der Waals surface area contributed by atoms with E-state index in [1.165, 1.54) is 32.7 Å². The molecule has 8 rings (SSSR count). The average molecular weight is 512 g/mol. The zero-order valence-corrected chi connectivity index (χ0v) is 21.8. The molecule has 1 heterocycles. The summed E-state index contributed by atoms with van der Waals surface area (Å²) < 4.78 is 6.73. The third-order valence-electron chi connectivity index (χ3n) is 7.84. The number of benzene rings is 7. The highest BCUT2D eigenvalue weighted by Crippen LogP contribution is 2.43. The summed E-state index contributed by atoms with van der Waals surface area (Å²) in [5.41, 5.74) is 8.45. The minimum absolute atomic E-state index is 0.865. The number of rotatable bonds is 4. The van der Waals surface area contributed by atoms with E-state index < -0.39 is 0 Å². The summed E-state index contributed by atoms with van der Waals surface area (Å²) in [5, 5.41) is 10.8. The summed E-state index contributed by atoms with van der Waals surface area (Å²) >= 11 is 0. The number of nitrogens with one attached hydrogen (secondary N) is 1. The van der Waals surface area contributed by atoms with Crippen molar-refractivity contribution in [2.45, 2.75) is 0 Å². The van der Waals surface area contributed by atoms with Gasteiger partial charge in [0.25, 0.3) is 0 Å². The van der Waals surface area contributed by atoms with Gasteiger partial charge in [0.2, 0.25) is 0 Å². The average Bonchev–Trinajstić information content (AvgIpc) is 3.42. The van der Waals surface area contributed by atoms with Crippen LogP contribution in [-0.4, -0.2) is 0 Å². The van der Waals surface area contributed by atoms with Crippen LogP contribution in [0.4, 0.5) is 11.4 Å². The van der Waals surface area contributed by atoms with Gasteiger partial charge in [0.15, 0.2) is 5.58 Å². The topological polar surface area (TPSA) is 25.2 Å². The van der Waals surface area contributed by atoms with Gasteiger partial charge in [-0.05, 0) is 62.5 Å². The van der Waals surface area contributed by atoms with E-state index in [1.807, 2.05) is 6.07 Å². The fourth-order valence-electron chi connectivity index (χ4n) is 5.94. The fraction of sp³-hybridized carbons (Fsp3) is 0. The third-order valence-corrected chi connectivity index (χ3v) is 7.84. The van der Waals surface area contributed by atoms with Gasteiger partial charge in [0.05, 0.1) is 5.69 Å². The molecule has 188 valence electrons. The first-order valence-corrected chi connectivity index (χ1v) is 13.6. The molecule has 0 fully saturated rings. The lowest BCUT2D eigenvalue weighted by Crippen LogP contribution is -1.90. The molecule has 0 spiro atoms. The maximum Gasteiger partial charge on any atom is 0.158 e. The molecule has 0 saturated heterocycles. The Bertz CT molecular complexity index is 2170. The first-order chi connectivity index (χ1) is 19.8. The summed E-state index contributed by atoms with van der Waals surface area (Å²) in [6.45, 7) is 0. The smallest absolute Gasteiger partial charge is 0.158 e. The summed E-state index contributed by atoms with van der Waals surface area (Å²) in [6, 6.07) is 51.3. The van der Waals surface area contributed by atoms with E-state index in [2.05, 4.69) is 145 Å². The Labute approximate surface area is 232 Å². The minimum Gasteiger partial charge on any atom is -0.453 e. The number of furan rings is 1. The Balaban J connectivity index is 1.25. The first-order valence-electron chi connectivity index (χ1n) is 13.6. The summed E-state index contributed by atoms with van der Waals surface area (Å²) in [4.78, 5) is 0. The van der Waals surface area contributed by atoms with Crippen molar-refractivity contribution in [2.75, 3.05) is 5.32 Å². The quantitative estimate of drug-likeness (QED) is 0.254. The predicted octanol–water partition coefficient (Wildman–Crippen LogP) is 11.0. The molecule has 7 aromatic carbocycles. The molecule has 1 aromatic heterocycles. The van der Waals surface area contributed by atoms with Crippen molar-refractivity contribution in [2.24, 2.45) is 0 Å². The summed E-state index contributed by atoms with van der Waals surface area (Å²) in [6.07, 6.45) is 0. The van der Waals surface area contributed by atoms with Crippen LogP contribution in [0.2, 0.25) is 0 Å². The van der Waals surface area contributed by atoms with Gasteiger partial charge in [-0.1, -0.05) is 121 Å². The zero-order chi connectivity index (χ0) is 26.5. The van der Waals surface area contributed by atoms with E-state index >= 15 is 0 Å². The molecular formula is C38H25NO. The van der Waals surface area contributed by atoms with Gasteiger partial charge in [0, 0.05) is 22.0 Å². The van der Waals surface area contributed by atoms with Crippen LogP contribution in [-0.2, 0) is 0 Å². The van der Waals surface area contributed by atoms with E-state index in [1.54, 1.807) is 0 Å². The molecule has 0 aliphatic rings. The Kier molecular flexibility index (Phi) is 5.17. The molecule has 0 amide bonds. The van der Waals surface area contributed by atoms with Gasteiger partial charge in [-0.15, -0.1) is 0 Å². The van der Waals surface area contributed by atoms with E-state index in [9.17, 15) is 0 Å². The number of anilines is 2. The Hall–Kier alpha value is -5.34. The van der Waals surface area contributed by atoms with Crippen molar-refractivity contribution < 1.29 is 4.42 Å². The molecule has 2 heteroatoms. The summed E-state index contributed by atoms with van der Waals surface area (Å²) in [7, 11) is 0. The molecule has 2 nitrogen and oxygen atoms in total. The van der Waals surface area contributed by atoms with Crippen LogP contribution in [0.25, 0.3) is 65.7 Å². The Morgan fingerprint density at radius 3 is 1.93 bits per heavy atom. The predicted molar refractivity (Wildman–Crippen MR) is 169 cm³/mol. The lowest BCUT2D eigenvalue weighted by atomic mass is 9.96. The van der Waals surface area contributed by atoms with Crippen LogP contribution in [0.3, 0.4) is 0 Å². The van der Waals surface area contributed by atoms with Gasteiger partial charge in [0.1, 0.15) is 5.58 Å². The second kappa shape index (κ2) is 9.14. The number of fused-ring (bicyclic) bond motifs is 6. The van der Waals surface area contributed by atoms with Crippen LogP contribution in [0.15, 0.2) is 150 Å². The molecule has 0 unspecified atom stereocenters. The molecule has 40 heavy (non-hydrogen) atoms. The van der Waals surface area contributed by atoms with Crippen molar-refractivity contribution in [1.29, 1.82) is 0 Å². The lowest BCUT2D eigenvalue weighted by molar-refractivity contribution is 0.671. The monoisotopic (exact) mass is 511 g/mol. The van der Waals surface area contributed by atoms with Gasteiger partial charge in [-0.3, -0.25) is 0 Å². The van der Waals surface area contributed by atoms with Gasteiger partial charge >= 0.3 is 0 Å². The van der Waals surface area contributed by atoms with Crippen LogP contribution in [0.5, 0.6) is 0 Å². The fourth-order valence-corrected chi connectivity index (χ4v) is 5.94. The van der Waals surface area contributed by atoms with E-state index in [0.717, 1.165) is 44.4 Å². The molecule has 1 N–H and O–H groups in total. The minimum atomic E-state index is 0.865. The van der Waals surface area contributed by atoms with E-state index in [-0.39, 0.29) is 0 Å². The molecule has 8 aromatic rings. The SMILES string of the molecule is c1ccc(-c2cc3ccccc3c3c2oc2c(Nc4ccc(-c5cccc6ccccc56)cc4)cccc23)cc1. The second-order valence-electron chi connectivity index (χ2n) is 10.2. The zero-order valence-electron chi connectivity index (χ0n) is 21.8. The van der Waals surface area contributed by atoms with Crippen molar-refractivity contribution in [3.63, 3.8) is 0 Å². The largest absolute Gasteiger partial charge is 0.453 e. The van der Waals surface area contributed by atoms with Gasteiger partial charge in [-0.2, -0.15) is 0 Å². The molecule has 0 bridgehead atoms. The van der Waals surface area contributed by atoms with Crippen LogP contribution in [0, 0.1) is 0 Å². The van der Waals surface area contributed by atoms with Crippen molar-refractivity contribution in [3.05, 3.63) is 146 Å². The molecule has 0 saturated carbocycles. The number of para-hydroxylation sites is 1. The van der Waals surface area contributed by atoms with Crippen LogP contribution in [0.1, 0.15) is 0 Å². The highest BCUT2D eigenvalue weighted by molar-refractivity contribution is 6.24. The Morgan fingerprint density at radius 2 is 1.07 bits per heavy atom. The van der Waals surface area contributed by atoms with Crippen molar-refractivity contribution in [3.8, 4) is 22.3 Å². The second-order valence-corrected chi connectivity index (χ2v) is 10.2. The summed E-state index contributed by atoms with van der Waals surface area (Å²) in [5.74, 6) is 0. The first kappa shape index (κ1) is 22.6. The van der Waals surface area contributed by atoms with Crippen molar-refractivity contribution in [1.82, 2.24) is 0 Å². The Morgan fingerprint density at radius 1 is 0.425 bits per heavy atom. The molecular weight excluding hydrogens is 486 g/mol. The third kappa shape index (κ3) is 3.65. The molecule has 0 atom stereocenters. The van der Waals surface area contributed by atoms with E-state index in [4.69, 9.17) is 4.42 Å². The highest BCUT2D eigenvalue weighted by atomic mass is 16.3. The highest BCUT2D eigenvalue weighted by Gasteiger charge is 2.18. The standard InChI is InChI=1S/C38H25NO/c1-2-10-26(11-3-1)34-24-28-13-5-7-16-32(28)36-33-18-9-19-35(37(33)40-38(34)36)39-29-22-20-27(21-23-29)31-17-8-14-25-12-4-6-15-30(25)31/h1-24,39H. The number of hydrogen-bond donors (Lipinski definition) is 1. The van der Waals surface area contributed by atoms with Crippen molar-refractivity contribution >= 4 is 54.9 Å². The number of hydrogen-bond acceptors (Lipinski definition) is 2. The van der Waals surface area contributed by atoms with Gasteiger partial charge < -0.3 is 9.73 Å². The van der Waals surface area contributed by atoms with E-state index in [0.29, 0.717) is 0 Å². The van der Waals surface area contributed by atoms with Crippen LogP contribution >= 0.6 is 0 Å². The molecule has 0 aliphatic carbocycles. The molecule has 0 aliphatic heterocycles. The lowest BCUT2D eigenvalue weighted by Gasteiger charge is -2.10. The van der Waals surface area contributed by atoms with Crippen LogP contribution < -0.4 is 5.32 Å². The normalized spacial score (nSPS) is 11.5. The van der Waals surface area contributed by atoms with Gasteiger partial charge in [-0.25, -0.2) is 0 Å².